The summed E-state index contributed by atoms with van der Waals surface area (Å²) >= 11 is 18.5. The lowest BCUT2D eigenvalue weighted by Crippen LogP contribution is -2.61. The number of nitrogens with zero attached hydrogens (tertiary/aromatic N) is 3. The monoisotopic (exact) mass is 732 g/mol. The Morgan fingerprint density at radius 3 is 2.02 bits per heavy atom. The van der Waals surface area contributed by atoms with Crippen LogP contribution in [0.25, 0.3) is 0 Å². The van der Waals surface area contributed by atoms with Gasteiger partial charge in [-0.25, -0.2) is 0 Å². The number of amides is 4. The molecule has 0 radical (unpaired) electrons. The third-order valence-corrected chi connectivity index (χ3v) is 9.84. The van der Waals surface area contributed by atoms with Gasteiger partial charge in [0.2, 0.25) is 23.6 Å². The Balaban J connectivity index is 1.38. The number of piperazine rings is 1. The highest BCUT2D eigenvalue weighted by Gasteiger charge is 2.41. The van der Waals surface area contributed by atoms with Crippen molar-refractivity contribution in [1.82, 2.24) is 14.7 Å². The number of hydrogen-bond acceptors (Lipinski definition) is 4. The van der Waals surface area contributed by atoms with Crippen LogP contribution >= 0.6 is 34.8 Å². The summed E-state index contributed by atoms with van der Waals surface area (Å²) in [7, 11) is 0. The minimum Gasteiger partial charge on any atom is -0.368 e. The van der Waals surface area contributed by atoms with Crippen LogP contribution in [0.4, 0.5) is 0 Å². The van der Waals surface area contributed by atoms with Gasteiger partial charge in [-0.15, -0.1) is 0 Å². The topological polar surface area (TPSA) is 104 Å². The third kappa shape index (κ3) is 9.87. The minimum atomic E-state index is -1.06. The largest absolute Gasteiger partial charge is 0.368 e. The normalized spacial score (nSPS) is 14.7. The van der Waals surface area contributed by atoms with E-state index in [1.165, 1.54) is 14.7 Å². The quantitative estimate of drug-likeness (QED) is 0.153. The van der Waals surface area contributed by atoms with Gasteiger partial charge in [0, 0.05) is 40.6 Å². The Bertz CT molecular complexity index is 1750. The van der Waals surface area contributed by atoms with Crippen LogP contribution in [-0.2, 0) is 32.0 Å². The van der Waals surface area contributed by atoms with Gasteiger partial charge >= 0.3 is 0 Å². The predicted molar refractivity (Wildman–Crippen MR) is 197 cm³/mol. The zero-order chi connectivity index (χ0) is 35.6. The van der Waals surface area contributed by atoms with E-state index >= 15 is 0 Å². The maximum Gasteiger partial charge on any atom is 0.246 e. The Labute approximate surface area is 307 Å². The summed E-state index contributed by atoms with van der Waals surface area (Å²) in [5, 5.41) is 1.52. The molecule has 1 aliphatic rings. The molecule has 1 fully saturated rings. The molecule has 1 aliphatic heterocycles. The number of halogens is 3. The van der Waals surface area contributed by atoms with Crippen LogP contribution in [0.1, 0.15) is 41.0 Å². The molecule has 1 heterocycles. The maximum absolute atomic E-state index is 14.2. The Kier molecular flexibility index (Phi) is 12.9. The summed E-state index contributed by atoms with van der Waals surface area (Å²) in [6, 6.07) is 31.4. The Hall–Kier alpha value is -4.37. The number of carbonyl (C=O) groups excluding carboxylic acids is 4. The molecular weight excluding hydrogens is 695 g/mol. The van der Waals surface area contributed by atoms with Gasteiger partial charge in [0.25, 0.3) is 0 Å². The molecule has 0 aliphatic carbocycles. The second-order valence-electron chi connectivity index (χ2n) is 12.4. The second-order valence-corrected chi connectivity index (χ2v) is 13.7. The van der Waals surface area contributed by atoms with Crippen molar-refractivity contribution in [3.8, 4) is 0 Å². The Morgan fingerprint density at radius 1 is 0.800 bits per heavy atom. The molecule has 0 aromatic heterocycles. The predicted octanol–water partition coefficient (Wildman–Crippen LogP) is 6.40. The molecule has 2 N–H and O–H groups in total. The van der Waals surface area contributed by atoms with E-state index in [4.69, 9.17) is 40.5 Å². The summed E-state index contributed by atoms with van der Waals surface area (Å²) in [4.78, 5) is 58.5. The standard InChI is InChI=1S/C39H39Cl3N4O4/c40-31-14-11-27(12-15-31)17-20-45-26-38(49)46(22-19-33(28-7-3-1-4-8-28)29-9-5-2-6-10-29)35(39(45)50)24-37(48)44(25-36(43)47)21-18-30-13-16-32(41)23-34(30)42/h1-16,23,33,35H,17-22,24-26H2,(H2,43,47). The lowest BCUT2D eigenvalue weighted by molar-refractivity contribution is -0.158. The number of rotatable bonds is 15. The molecule has 4 amide bonds. The van der Waals surface area contributed by atoms with Crippen LogP contribution in [0.2, 0.25) is 15.1 Å². The van der Waals surface area contributed by atoms with Crippen molar-refractivity contribution in [2.24, 2.45) is 5.73 Å². The minimum absolute atomic E-state index is 0.0462. The van der Waals surface area contributed by atoms with E-state index in [1.807, 2.05) is 48.5 Å². The molecule has 8 nitrogen and oxygen atoms in total. The maximum atomic E-state index is 14.2. The first kappa shape index (κ1) is 36.9. The molecule has 11 heteroatoms. The van der Waals surface area contributed by atoms with E-state index in [-0.39, 0.29) is 50.3 Å². The van der Waals surface area contributed by atoms with Crippen molar-refractivity contribution in [1.29, 1.82) is 0 Å². The molecule has 50 heavy (non-hydrogen) atoms. The number of nitrogens with two attached hydrogens (primary N) is 1. The van der Waals surface area contributed by atoms with Gasteiger partial charge in [0.15, 0.2) is 0 Å². The van der Waals surface area contributed by atoms with Crippen LogP contribution in [0.3, 0.4) is 0 Å². The first-order chi connectivity index (χ1) is 24.1. The lowest BCUT2D eigenvalue weighted by Gasteiger charge is -2.41. The van der Waals surface area contributed by atoms with Crippen molar-refractivity contribution in [2.75, 3.05) is 32.7 Å². The summed E-state index contributed by atoms with van der Waals surface area (Å²) < 4.78 is 0. The van der Waals surface area contributed by atoms with E-state index in [0.717, 1.165) is 22.3 Å². The molecule has 0 spiro atoms. The van der Waals surface area contributed by atoms with Gasteiger partial charge in [-0.3, -0.25) is 19.2 Å². The van der Waals surface area contributed by atoms with Gasteiger partial charge in [0.1, 0.15) is 6.04 Å². The van der Waals surface area contributed by atoms with Crippen molar-refractivity contribution >= 4 is 58.4 Å². The van der Waals surface area contributed by atoms with Crippen molar-refractivity contribution < 1.29 is 19.2 Å². The fourth-order valence-corrected chi connectivity index (χ4v) is 6.98. The van der Waals surface area contributed by atoms with Crippen LogP contribution in [0, 0.1) is 0 Å². The van der Waals surface area contributed by atoms with Gasteiger partial charge in [-0.05, 0) is 65.8 Å². The van der Waals surface area contributed by atoms with Crippen LogP contribution in [0.5, 0.6) is 0 Å². The number of carbonyl (C=O) groups is 4. The summed E-state index contributed by atoms with van der Waals surface area (Å²) in [5.41, 5.74) is 9.43. The molecule has 1 unspecified atom stereocenters. The molecular formula is C39H39Cl3N4O4. The molecule has 1 saturated heterocycles. The zero-order valence-electron chi connectivity index (χ0n) is 27.5. The Morgan fingerprint density at radius 2 is 1.42 bits per heavy atom. The van der Waals surface area contributed by atoms with E-state index in [1.54, 1.807) is 30.3 Å². The molecule has 0 bridgehead atoms. The van der Waals surface area contributed by atoms with Crippen molar-refractivity contribution in [3.05, 3.63) is 140 Å². The van der Waals surface area contributed by atoms with E-state index in [0.29, 0.717) is 40.9 Å². The molecule has 4 aromatic carbocycles. The number of benzene rings is 4. The van der Waals surface area contributed by atoms with E-state index < -0.39 is 17.9 Å². The average Bonchev–Trinajstić information content (AvgIpc) is 3.10. The van der Waals surface area contributed by atoms with Gasteiger partial charge in [0.05, 0.1) is 19.5 Å². The first-order valence-corrected chi connectivity index (χ1v) is 17.6. The average molecular weight is 734 g/mol. The summed E-state index contributed by atoms with van der Waals surface area (Å²) in [5.74, 6) is -1.76. The first-order valence-electron chi connectivity index (χ1n) is 16.5. The van der Waals surface area contributed by atoms with Crippen molar-refractivity contribution in [3.63, 3.8) is 0 Å². The molecule has 0 saturated carbocycles. The molecule has 5 rings (SSSR count). The summed E-state index contributed by atoms with van der Waals surface area (Å²) in [6.45, 7) is 0.226. The highest BCUT2D eigenvalue weighted by Crippen LogP contribution is 2.30. The highest BCUT2D eigenvalue weighted by atomic mass is 35.5. The van der Waals surface area contributed by atoms with E-state index in [9.17, 15) is 19.2 Å². The fourth-order valence-electron chi connectivity index (χ4n) is 6.35. The van der Waals surface area contributed by atoms with Gasteiger partial charge in [-0.1, -0.05) is 114 Å². The van der Waals surface area contributed by atoms with Crippen molar-refractivity contribution in [2.45, 2.75) is 37.6 Å². The second kappa shape index (κ2) is 17.5. The molecule has 4 aromatic rings. The summed E-state index contributed by atoms with van der Waals surface area (Å²) in [6.07, 6.45) is 1.07. The van der Waals surface area contributed by atoms with Gasteiger partial charge in [-0.2, -0.15) is 0 Å². The smallest absolute Gasteiger partial charge is 0.246 e. The number of hydrogen-bond donors (Lipinski definition) is 1. The van der Waals surface area contributed by atoms with E-state index in [2.05, 4.69) is 24.3 Å². The SMILES string of the molecule is NC(=O)CN(CCc1ccc(Cl)cc1Cl)C(=O)CC1C(=O)N(CCc2ccc(Cl)cc2)CC(=O)N1CCC(c1ccccc1)c1ccccc1. The highest BCUT2D eigenvalue weighted by molar-refractivity contribution is 6.35. The third-order valence-electron chi connectivity index (χ3n) is 9.00. The van der Waals surface area contributed by atoms with Crippen LogP contribution < -0.4 is 5.73 Å². The van der Waals surface area contributed by atoms with Gasteiger partial charge < -0.3 is 20.4 Å². The van der Waals surface area contributed by atoms with Crippen LogP contribution in [0.15, 0.2) is 103 Å². The number of primary amides is 1. The van der Waals surface area contributed by atoms with Crippen LogP contribution in [-0.4, -0.2) is 77.1 Å². The zero-order valence-corrected chi connectivity index (χ0v) is 29.8. The fraction of sp³-hybridized carbons (Fsp3) is 0.282. The lowest BCUT2D eigenvalue weighted by atomic mass is 9.88. The molecule has 1 atom stereocenters. The molecule has 260 valence electrons.